The van der Waals surface area contributed by atoms with Crippen molar-refractivity contribution < 1.29 is 13.6 Å². The second kappa shape index (κ2) is 6.77. The lowest BCUT2D eigenvalue weighted by molar-refractivity contribution is -0.131. The van der Waals surface area contributed by atoms with Crippen LogP contribution in [0.5, 0.6) is 0 Å². The number of nitrogens with one attached hydrogen (secondary N) is 1. The fourth-order valence-electron chi connectivity index (χ4n) is 0.842. The van der Waals surface area contributed by atoms with Gasteiger partial charge in [0.25, 0.3) is 5.91 Å². The Kier molecular flexibility index (Phi) is 6.40. The average molecular weight is 194 g/mol. The van der Waals surface area contributed by atoms with Crippen LogP contribution < -0.4 is 5.32 Å². The molecule has 0 saturated heterocycles. The molecule has 3 nitrogen and oxygen atoms in total. The van der Waals surface area contributed by atoms with Crippen molar-refractivity contribution >= 4 is 5.91 Å². The number of hydrogen-bond donors (Lipinski definition) is 1. The van der Waals surface area contributed by atoms with Gasteiger partial charge in [-0.25, -0.2) is 0 Å². The molecule has 0 radical (unpaired) electrons. The SMILES string of the molecule is CN(C)CCCCNC(=O)C(F)F. The third-order valence-corrected chi connectivity index (χ3v) is 1.53. The van der Waals surface area contributed by atoms with Crippen LogP contribution in [0, 0.1) is 0 Å². The van der Waals surface area contributed by atoms with Crippen LogP contribution in [0.2, 0.25) is 0 Å². The van der Waals surface area contributed by atoms with Gasteiger partial charge < -0.3 is 10.2 Å². The van der Waals surface area contributed by atoms with Crippen LogP contribution >= 0.6 is 0 Å². The zero-order chi connectivity index (χ0) is 10.3. The van der Waals surface area contributed by atoms with Crippen molar-refractivity contribution in [2.45, 2.75) is 19.3 Å². The Labute approximate surface area is 77.1 Å². The molecule has 5 heteroatoms. The van der Waals surface area contributed by atoms with Gasteiger partial charge in [-0.3, -0.25) is 4.79 Å². The van der Waals surface area contributed by atoms with Crippen LogP contribution in [-0.2, 0) is 4.79 Å². The maximum Gasteiger partial charge on any atom is 0.315 e. The number of unbranched alkanes of at least 4 members (excludes halogenated alkanes) is 1. The Bertz CT molecular complexity index is 151. The molecule has 78 valence electrons. The minimum absolute atomic E-state index is 0.330. The van der Waals surface area contributed by atoms with Gasteiger partial charge in [0.1, 0.15) is 0 Å². The van der Waals surface area contributed by atoms with Gasteiger partial charge in [0.05, 0.1) is 0 Å². The van der Waals surface area contributed by atoms with E-state index in [0.29, 0.717) is 6.54 Å². The van der Waals surface area contributed by atoms with Gasteiger partial charge in [-0.05, 0) is 33.5 Å². The van der Waals surface area contributed by atoms with E-state index in [9.17, 15) is 13.6 Å². The Morgan fingerprint density at radius 3 is 2.46 bits per heavy atom. The lowest BCUT2D eigenvalue weighted by atomic mass is 10.3. The molecule has 0 unspecified atom stereocenters. The van der Waals surface area contributed by atoms with Crippen LogP contribution in [0.1, 0.15) is 12.8 Å². The first kappa shape index (κ1) is 12.3. The van der Waals surface area contributed by atoms with Crippen molar-refractivity contribution in [3.8, 4) is 0 Å². The van der Waals surface area contributed by atoms with Gasteiger partial charge in [0.15, 0.2) is 0 Å². The molecule has 0 spiro atoms. The highest BCUT2D eigenvalue weighted by molar-refractivity contribution is 5.78. The molecule has 13 heavy (non-hydrogen) atoms. The maximum absolute atomic E-state index is 11.6. The van der Waals surface area contributed by atoms with E-state index in [4.69, 9.17) is 0 Å². The number of carbonyl (C=O) groups is 1. The van der Waals surface area contributed by atoms with Gasteiger partial charge in [-0.1, -0.05) is 0 Å². The molecule has 0 atom stereocenters. The van der Waals surface area contributed by atoms with Crippen molar-refractivity contribution in [1.29, 1.82) is 0 Å². The topological polar surface area (TPSA) is 32.3 Å². The number of nitrogens with zero attached hydrogens (tertiary/aromatic N) is 1. The Balaban J connectivity index is 3.21. The second-order valence-electron chi connectivity index (χ2n) is 3.10. The van der Waals surface area contributed by atoms with Crippen LogP contribution in [0.3, 0.4) is 0 Å². The van der Waals surface area contributed by atoms with Crippen molar-refractivity contribution in [2.24, 2.45) is 0 Å². The molecule has 0 rings (SSSR count). The number of carbonyl (C=O) groups excluding carboxylic acids is 1. The lowest BCUT2D eigenvalue weighted by Crippen LogP contribution is -2.30. The van der Waals surface area contributed by atoms with Gasteiger partial charge in [0, 0.05) is 6.54 Å². The summed E-state index contributed by atoms with van der Waals surface area (Å²) in [7, 11) is 3.88. The summed E-state index contributed by atoms with van der Waals surface area (Å²) in [5.41, 5.74) is 0. The van der Waals surface area contributed by atoms with E-state index in [2.05, 4.69) is 5.32 Å². The number of halogens is 2. The van der Waals surface area contributed by atoms with Crippen molar-refractivity contribution in [3.05, 3.63) is 0 Å². The minimum Gasteiger partial charge on any atom is -0.351 e. The molecule has 0 aliphatic rings. The number of amides is 1. The van der Waals surface area contributed by atoms with Crippen molar-refractivity contribution in [2.75, 3.05) is 27.2 Å². The minimum atomic E-state index is -2.89. The normalized spacial score (nSPS) is 10.9. The van der Waals surface area contributed by atoms with E-state index in [0.717, 1.165) is 19.4 Å². The van der Waals surface area contributed by atoms with Gasteiger partial charge in [0.2, 0.25) is 0 Å². The molecule has 1 amide bonds. The fraction of sp³-hybridized carbons (Fsp3) is 0.875. The molecular formula is C8H16F2N2O. The molecular weight excluding hydrogens is 178 g/mol. The standard InChI is InChI=1S/C8H16F2N2O/c1-12(2)6-4-3-5-11-8(13)7(9)10/h7H,3-6H2,1-2H3,(H,11,13). The molecule has 0 aliphatic carbocycles. The third-order valence-electron chi connectivity index (χ3n) is 1.53. The molecule has 1 N–H and O–H groups in total. The largest absolute Gasteiger partial charge is 0.351 e. The zero-order valence-electron chi connectivity index (χ0n) is 8.02. The van der Waals surface area contributed by atoms with Gasteiger partial charge in [-0.2, -0.15) is 8.78 Å². The first-order valence-electron chi connectivity index (χ1n) is 4.24. The second-order valence-corrected chi connectivity index (χ2v) is 3.10. The van der Waals surface area contributed by atoms with E-state index in [1.807, 2.05) is 19.0 Å². The van der Waals surface area contributed by atoms with Crippen LogP contribution in [-0.4, -0.2) is 44.4 Å². The predicted molar refractivity (Wildman–Crippen MR) is 46.8 cm³/mol. The van der Waals surface area contributed by atoms with Crippen molar-refractivity contribution in [3.63, 3.8) is 0 Å². The van der Waals surface area contributed by atoms with Gasteiger partial charge in [-0.15, -0.1) is 0 Å². The van der Waals surface area contributed by atoms with E-state index in [1.165, 1.54) is 0 Å². The quantitative estimate of drug-likeness (QED) is 0.631. The highest BCUT2D eigenvalue weighted by Gasteiger charge is 2.13. The smallest absolute Gasteiger partial charge is 0.315 e. The summed E-state index contributed by atoms with van der Waals surface area (Å²) in [6.45, 7) is 1.24. The molecule has 0 saturated carbocycles. The molecule has 0 heterocycles. The summed E-state index contributed by atoms with van der Waals surface area (Å²) in [5.74, 6) is -1.18. The predicted octanol–water partition coefficient (Wildman–Crippen LogP) is 0.709. The molecule has 0 aromatic carbocycles. The highest BCUT2D eigenvalue weighted by atomic mass is 19.3. The van der Waals surface area contributed by atoms with Gasteiger partial charge >= 0.3 is 6.43 Å². The van der Waals surface area contributed by atoms with Crippen LogP contribution in [0.25, 0.3) is 0 Å². The summed E-state index contributed by atoms with van der Waals surface area (Å²) >= 11 is 0. The molecule has 0 bridgehead atoms. The Morgan fingerprint density at radius 1 is 1.38 bits per heavy atom. The summed E-state index contributed by atoms with van der Waals surface area (Å²) in [6, 6.07) is 0. The van der Waals surface area contributed by atoms with E-state index in [-0.39, 0.29) is 0 Å². The summed E-state index contributed by atoms with van der Waals surface area (Å²) < 4.78 is 23.3. The van der Waals surface area contributed by atoms with Crippen molar-refractivity contribution in [1.82, 2.24) is 10.2 Å². The highest BCUT2D eigenvalue weighted by Crippen LogP contribution is 1.92. The zero-order valence-corrected chi connectivity index (χ0v) is 8.02. The maximum atomic E-state index is 11.6. The molecule has 0 aliphatic heterocycles. The Morgan fingerprint density at radius 2 is 2.00 bits per heavy atom. The molecule has 0 aromatic heterocycles. The third kappa shape index (κ3) is 7.64. The van der Waals surface area contributed by atoms with Crippen LogP contribution in [0.15, 0.2) is 0 Å². The summed E-state index contributed by atoms with van der Waals surface area (Å²) in [4.78, 5) is 12.4. The monoisotopic (exact) mass is 194 g/mol. The fourth-order valence-corrected chi connectivity index (χ4v) is 0.842. The number of alkyl halides is 2. The number of rotatable bonds is 6. The lowest BCUT2D eigenvalue weighted by Gasteiger charge is -2.09. The Hall–Kier alpha value is -0.710. The van der Waals surface area contributed by atoms with E-state index in [1.54, 1.807) is 0 Å². The molecule has 0 aromatic rings. The van der Waals surface area contributed by atoms with E-state index >= 15 is 0 Å². The van der Waals surface area contributed by atoms with Crippen LogP contribution in [0.4, 0.5) is 8.78 Å². The first-order chi connectivity index (χ1) is 6.04. The number of hydrogen-bond acceptors (Lipinski definition) is 2. The molecule has 0 fully saturated rings. The van der Waals surface area contributed by atoms with E-state index < -0.39 is 12.3 Å². The summed E-state index contributed by atoms with van der Waals surface area (Å²) in [5, 5.41) is 2.15. The first-order valence-corrected chi connectivity index (χ1v) is 4.24. The average Bonchev–Trinajstić information content (AvgIpc) is 2.02. The summed E-state index contributed by atoms with van der Waals surface area (Å²) in [6.07, 6.45) is -1.26.